The van der Waals surface area contributed by atoms with Gasteiger partial charge in [0.1, 0.15) is 11.5 Å². The van der Waals surface area contributed by atoms with E-state index in [1.807, 2.05) is 30.5 Å². The first-order valence-electron chi connectivity index (χ1n) is 11.1. The third-order valence-corrected chi connectivity index (χ3v) is 6.43. The minimum Gasteiger partial charge on any atom is -0.497 e. The second kappa shape index (κ2) is 8.76. The molecule has 2 N–H and O–H groups in total. The number of para-hydroxylation sites is 1. The van der Waals surface area contributed by atoms with Gasteiger partial charge in [0.15, 0.2) is 6.10 Å². The Morgan fingerprint density at radius 1 is 0.971 bits per heavy atom. The zero-order valence-corrected chi connectivity index (χ0v) is 19.0. The maximum absolute atomic E-state index is 13.1. The van der Waals surface area contributed by atoms with E-state index in [0.29, 0.717) is 29.0 Å². The van der Waals surface area contributed by atoms with Gasteiger partial charge in [-0.15, -0.1) is 0 Å². The molecule has 0 saturated carbocycles. The molecular formula is C27H26N2O5. The lowest BCUT2D eigenvalue weighted by Gasteiger charge is -2.35. The largest absolute Gasteiger partial charge is 0.497 e. The normalized spacial score (nSPS) is 19.9. The van der Waals surface area contributed by atoms with Crippen molar-refractivity contribution in [3.63, 3.8) is 0 Å². The van der Waals surface area contributed by atoms with Gasteiger partial charge in [-0.25, -0.2) is 4.79 Å². The van der Waals surface area contributed by atoms with E-state index < -0.39 is 17.9 Å². The Morgan fingerprint density at radius 3 is 2.29 bits per heavy atom. The average molecular weight is 459 g/mol. The van der Waals surface area contributed by atoms with Crippen molar-refractivity contribution in [2.45, 2.75) is 18.2 Å². The maximum Gasteiger partial charge on any atom is 0.413 e. The molecule has 1 aromatic heterocycles. The number of nitrogens with one attached hydrogen (secondary N) is 1. The molecule has 2 atom stereocenters. The summed E-state index contributed by atoms with van der Waals surface area (Å²) >= 11 is 0. The van der Waals surface area contributed by atoms with Gasteiger partial charge in [0.05, 0.1) is 14.2 Å². The number of nitrogens with zero attached hydrogens (tertiary/aromatic N) is 1. The molecule has 0 spiro atoms. The third-order valence-electron chi connectivity index (χ3n) is 6.43. The lowest BCUT2D eigenvalue weighted by atomic mass is 9.91. The number of hydrogen-bond acceptors (Lipinski definition) is 5. The summed E-state index contributed by atoms with van der Waals surface area (Å²) in [5.74, 6) is 1.33. The van der Waals surface area contributed by atoms with Gasteiger partial charge in [-0.3, -0.25) is 4.90 Å². The fourth-order valence-corrected chi connectivity index (χ4v) is 4.58. The van der Waals surface area contributed by atoms with Crippen LogP contribution in [0.3, 0.4) is 0 Å². The van der Waals surface area contributed by atoms with Crippen LogP contribution in [0.15, 0.2) is 79.0 Å². The standard InChI is InChI=1S/C27H26N2O5/c1-32-21-11-7-18(8-12-21)25-27(31,20-9-13-22(33-2)14-10-20)29(26(30)34-25)16-15-19-17-28-24-6-4-3-5-23(19)24/h3-14,17,25,28,31H,15-16H2,1-2H3. The van der Waals surface area contributed by atoms with Crippen LogP contribution in [0.25, 0.3) is 10.9 Å². The van der Waals surface area contributed by atoms with Gasteiger partial charge >= 0.3 is 6.09 Å². The first-order chi connectivity index (χ1) is 16.5. The number of amides is 1. The van der Waals surface area contributed by atoms with Crippen LogP contribution in [-0.2, 0) is 16.9 Å². The van der Waals surface area contributed by atoms with Gasteiger partial charge in [-0.1, -0.05) is 42.5 Å². The molecule has 1 saturated heterocycles. The number of H-pyrrole nitrogens is 1. The first kappa shape index (κ1) is 21.9. The summed E-state index contributed by atoms with van der Waals surface area (Å²) in [5, 5.41) is 13.2. The Morgan fingerprint density at radius 2 is 1.62 bits per heavy atom. The Hall–Kier alpha value is -3.97. The highest BCUT2D eigenvalue weighted by atomic mass is 16.6. The number of aromatic nitrogens is 1. The number of aliphatic hydroxyl groups is 1. The molecule has 0 bridgehead atoms. The zero-order chi connectivity index (χ0) is 23.7. The third kappa shape index (κ3) is 3.64. The Balaban J connectivity index is 1.52. The number of ether oxygens (including phenoxy) is 3. The minimum absolute atomic E-state index is 0.274. The number of fused-ring (bicyclic) bond motifs is 1. The lowest BCUT2D eigenvalue weighted by molar-refractivity contribution is -0.109. The number of carbonyl (C=O) groups excluding carboxylic acids is 1. The Labute approximate surface area is 197 Å². The van der Waals surface area contributed by atoms with Crippen LogP contribution >= 0.6 is 0 Å². The van der Waals surface area contributed by atoms with E-state index in [0.717, 1.165) is 16.5 Å². The van der Waals surface area contributed by atoms with Crippen LogP contribution in [0.4, 0.5) is 4.79 Å². The molecular weight excluding hydrogens is 432 g/mol. The molecule has 1 aliphatic heterocycles. The van der Waals surface area contributed by atoms with Crippen molar-refractivity contribution in [1.29, 1.82) is 0 Å². The summed E-state index contributed by atoms with van der Waals surface area (Å²) in [7, 11) is 3.17. The average Bonchev–Trinajstić information content (AvgIpc) is 3.41. The molecule has 5 rings (SSSR count). The molecule has 1 amide bonds. The van der Waals surface area contributed by atoms with Crippen LogP contribution in [0.1, 0.15) is 22.8 Å². The molecule has 7 nitrogen and oxygen atoms in total. The van der Waals surface area contributed by atoms with Gasteiger partial charge in [0.2, 0.25) is 5.72 Å². The van der Waals surface area contributed by atoms with Gasteiger partial charge in [0, 0.05) is 29.2 Å². The number of carbonyl (C=O) groups is 1. The van der Waals surface area contributed by atoms with E-state index in [4.69, 9.17) is 14.2 Å². The fourth-order valence-electron chi connectivity index (χ4n) is 4.58. The Kier molecular flexibility index (Phi) is 5.63. The van der Waals surface area contributed by atoms with E-state index >= 15 is 0 Å². The van der Waals surface area contributed by atoms with E-state index in [-0.39, 0.29) is 6.54 Å². The number of benzene rings is 3. The summed E-state index contributed by atoms with van der Waals surface area (Å²) < 4.78 is 16.3. The molecule has 0 aliphatic carbocycles. The van der Waals surface area contributed by atoms with E-state index in [2.05, 4.69) is 4.98 Å². The zero-order valence-electron chi connectivity index (χ0n) is 19.0. The quantitative estimate of drug-likeness (QED) is 0.417. The highest BCUT2D eigenvalue weighted by Crippen LogP contribution is 2.47. The van der Waals surface area contributed by atoms with Crippen molar-refractivity contribution in [2.75, 3.05) is 20.8 Å². The van der Waals surface area contributed by atoms with Gasteiger partial charge < -0.3 is 24.3 Å². The molecule has 34 heavy (non-hydrogen) atoms. The second-order valence-corrected chi connectivity index (χ2v) is 8.25. The predicted octanol–water partition coefficient (Wildman–Crippen LogP) is 4.77. The number of hydrogen-bond donors (Lipinski definition) is 2. The molecule has 2 heterocycles. The number of methoxy groups -OCH3 is 2. The van der Waals surface area contributed by atoms with E-state index in [1.54, 1.807) is 62.8 Å². The monoisotopic (exact) mass is 458 g/mol. The van der Waals surface area contributed by atoms with Gasteiger partial charge in [-0.2, -0.15) is 0 Å². The molecule has 174 valence electrons. The maximum atomic E-state index is 13.1. The summed E-state index contributed by atoms with van der Waals surface area (Å²) in [6.07, 6.45) is 1.01. The number of aromatic amines is 1. The van der Waals surface area contributed by atoms with Gasteiger partial charge in [-0.05, 0) is 47.9 Å². The summed E-state index contributed by atoms with van der Waals surface area (Å²) in [5.41, 5.74) is 1.60. The van der Waals surface area contributed by atoms with Crippen LogP contribution in [0.2, 0.25) is 0 Å². The van der Waals surface area contributed by atoms with E-state index in [1.165, 1.54) is 4.90 Å². The Bertz CT molecular complexity index is 1300. The molecule has 1 aliphatic rings. The van der Waals surface area contributed by atoms with Crippen LogP contribution in [0, 0.1) is 0 Å². The van der Waals surface area contributed by atoms with Crippen molar-refractivity contribution < 1.29 is 24.1 Å². The topological polar surface area (TPSA) is 84.0 Å². The molecule has 3 aromatic carbocycles. The minimum atomic E-state index is -1.70. The van der Waals surface area contributed by atoms with E-state index in [9.17, 15) is 9.90 Å². The van der Waals surface area contributed by atoms with Crippen LogP contribution in [0.5, 0.6) is 11.5 Å². The molecule has 2 unspecified atom stereocenters. The molecule has 7 heteroatoms. The van der Waals surface area contributed by atoms with Crippen molar-refractivity contribution in [1.82, 2.24) is 9.88 Å². The second-order valence-electron chi connectivity index (χ2n) is 8.25. The van der Waals surface area contributed by atoms with Crippen molar-refractivity contribution in [2.24, 2.45) is 0 Å². The highest BCUT2D eigenvalue weighted by Gasteiger charge is 2.55. The van der Waals surface area contributed by atoms with Crippen molar-refractivity contribution in [3.8, 4) is 11.5 Å². The molecule has 1 fully saturated rings. The fraction of sp³-hybridized carbons (Fsp3) is 0.222. The highest BCUT2D eigenvalue weighted by molar-refractivity contribution is 5.83. The lowest BCUT2D eigenvalue weighted by Crippen LogP contribution is -2.46. The number of rotatable bonds is 7. The summed E-state index contributed by atoms with van der Waals surface area (Å²) in [4.78, 5) is 17.8. The summed E-state index contributed by atoms with van der Waals surface area (Å²) in [6, 6.07) is 22.2. The van der Waals surface area contributed by atoms with Crippen LogP contribution in [-0.4, -0.2) is 41.8 Å². The molecule has 4 aromatic rings. The predicted molar refractivity (Wildman–Crippen MR) is 128 cm³/mol. The first-order valence-corrected chi connectivity index (χ1v) is 11.1. The van der Waals surface area contributed by atoms with Crippen LogP contribution < -0.4 is 9.47 Å². The summed E-state index contributed by atoms with van der Waals surface area (Å²) in [6.45, 7) is 0.274. The van der Waals surface area contributed by atoms with Crippen molar-refractivity contribution >= 4 is 17.0 Å². The SMILES string of the molecule is COc1ccc(C2OC(=O)N(CCc3c[nH]c4ccccc34)C2(O)c2ccc(OC)cc2)cc1. The number of cyclic esters (lactones) is 1. The smallest absolute Gasteiger partial charge is 0.413 e. The van der Waals surface area contributed by atoms with Crippen molar-refractivity contribution in [3.05, 3.63) is 95.7 Å². The van der Waals surface area contributed by atoms with Gasteiger partial charge in [0.25, 0.3) is 0 Å². The molecule has 0 radical (unpaired) electrons.